The number of ether oxygens (including phenoxy) is 1. The summed E-state index contributed by atoms with van der Waals surface area (Å²) in [6.07, 6.45) is 2.41. The molecule has 8 nitrogen and oxygen atoms in total. The average molecular weight is 536 g/mol. The van der Waals surface area contributed by atoms with E-state index in [1.165, 1.54) is 18.2 Å². The Hall–Kier alpha value is -3.96. The summed E-state index contributed by atoms with van der Waals surface area (Å²) < 4.78 is 48.5. The third kappa shape index (κ3) is 3.64. The molecule has 200 valence electrons. The lowest BCUT2D eigenvalue weighted by Gasteiger charge is -2.48. The van der Waals surface area contributed by atoms with E-state index in [0.29, 0.717) is 40.0 Å². The van der Waals surface area contributed by atoms with E-state index < -0.39 is 35.7 Å². The van der Waals surface area contributed by atoms with Gasteiger partial charge in [-0.2, -0.15) is 8.78 Å². The smallest absolute Gasteiger partial charge is 0.387 e. The van der Waals surface area contributed by atoms with Crippen molar-refractivity contribution in [3.63, 3.8) is 0 Å². The average Bonchev–Trinajstić information content (AvgIpc) is 3.34. The van der Waals surface area contributed by atoms with Crippen molar-refractivity contribution < 1.29 is 27.8 Å². The fraction of sp³-hybridized carbons (Fsp3) is 0.321. The van der Waals surface area contributed by atoms with Crippen LogP contribution in [-0.4, -0.2) is 37.8 Å². The van der Waals surface area contributed by atoms with Crippen LogP contribution in [0.4, 0.5) is 13.2 Å². The number of halogens is 3. The van der Waals surface area contributed by atoms with Crippen LogP contribution in [-0.2, 0) is 5.54 Å². The van der Waals surface area contributed by atoms with Crippen molar-refractivity contribution in [2.24, 2.45) is 5.73 Å². The minimum absolute atomic E-state index is 0.0540. The van der Waals surface area contributed by atoms with Crippen LogP contribution < -0.4 is 15.8 Å². The number of nitrogens with two attached hydrogens (primary N) is 1. The van der Waals surface area contributed by atoms with Gasteiger partial charge in [-0.3, -0.25) is 9.78 Å². The molecule has 1 amide bonds. The molecule has 3 aliphatic rings. The second kappa shape index (κ2) is 8.03. The maximum atomic E-state index is 15.2. The standard InChI is InChI=1S/C28H24F3N5O3/c1-27(38)11-28(32,12-27)23-16(29)7-14(10-33-23)13-5-6-17-19(8-13)36-20-9-18(24(36)34-17)35-25(37)15-3-2-4-21(22(15)20)39-26(30)31/h2-8,10,18,20,26,38H,9,11-12,32H2,1H3,(H,35,37)/t18-,20-,27?,28?/m1/s1. The Morgan fingerprint density at radius 1 is 1.21 bits per heavy atom. The predicted octanol–water partition coefficient (Wildman–Crippen LogP) is 4.32. The largest absolute Gasteiger partial charge is 0.434 e. The van der Waals surface area contributed by atoms with Crippen molar-refractivity contribution in [1.29, 1.82) is 0 Å². The Balaban J connectivity index is 1.32. The molecule has 4 N–H and O–H groups in total. The highest BCUT2D eigenvalue weighted by Crippen LogP contribution is 2.48. The molecule has 2 aliphatic heterocycles. The van der Waals surface area contributed by atoms with E-state index in [-0.39, 0.29) is 35.8 Å². The number of rotatable bonds is 4. The van der Waals surface area contributed by atoms with Gasteiger partial charge in [-0.05, 0) is 62.1 Å². The number of nitrogens with one attached hydrogen (secondary N) is 1. The Bertz CT molecular complexity index is 1680. The molecule has 0 saturated heterocycles. The van der Waals surface area contributed by atoms with Gasteiger partial charge in [0.1, 0.15) is 17.4 Å². The Kier molecular flexibility index (Phi) is 4.96. The van der Waals surface area contributed by atoms with Crippen molar-refractivity contribution in [3.8, 4) is 16.9 Å². The monoisotopic (exact) mass is 535 g/mol. The molecular formula is C28H24F3N5O3. The molecule has 4 heterocycles. The van der Waals surface area contributed by atoms with E-state index >= 15 is 4.39 Å². The summed E-state index contributed by atoms with van der Waals surface area (Å²) in [4.78, 5) is 22.0. The number of carbonyl (C=O) groups is 1. The SMILES string of the molecule is CC1(O)CC(N)(c2ncc(-c3ccc4nc5n(c4c3)[C@@H]3C[C@H]5NC(=O)c4cccc(OC(F)F)c43)cc2F)C1. The molecule has 0 spiro atoms. The summed E-state index contributed by atoms with van der Waals surface area (Å²) in [5, 5.41) is 13.1. The predicted molar refractivity (Wildman–Crippen MR) is 135 cm³/mol. The molecule has 2 bridgehead atoms. The minimum atomic E-state index is -3.05. The molecule has 1 fully saturated rings. The van der Waals surface area contributed by atoms with Crippen molar-refractivity contribution in [2.75, 3.05) is 0 Å². The van der Waals surface area contributed by atoms with E-state index in [2.05, 4.69) is 10.3 Å². The number of benzene rings is 2. The van der Waals surface area contributed by atoms with Gasteiger partial charge in [-0.25, -0.2) is 9.37 Å². The number of aromatic nitrogens is 3. The van der Waals surface area contributed by atoms with Crippen LogP contribution in [0.25, 0.3) is 22.2 Å². The Morgan fingerprint density at radius 2 is 2.00 bits per heavy atom. The van der Waals surface area contributed by atoms with Gasteiger partial charge < -0.3 is 25.5 Å². The van der Waals surface area contributed by atoms with E-state index in [1.807, 2.05) is 10.6 Å². The van der Waals surface area contributed by atoms with Crippen LogP contribution in [0.1, 0.15) is 65.7 Å². The third-order valence-corrected chi connectivity index (χ3v) is 8.00. The number of alkyl halides is 2. The van der Waals surface area contributed by atoms with Crippen LogP contribution in [0.2, 0.25) is 0 Å². The highest BCUT2D eigenvalue weighted by Gasteiger charge is 2.51. The summed E-state index contributed by atoms with van der Waals surface area (Å²) in [6, 6.07) is 10.5. The van der Waals surface area contributed by atoms with Gasteiger partial charge in [0.25, 0.3) is 5.91 Å². The molecule has 11 heteroatoms. The Morgan fingerprint density at radius 3 is 2.72 bits per heavy atom. The lowest BCUT2D eigenvalue weighted by molar-refractivity contribution is -0.0764. The second-order valence-corrected chi connectivity index (χ2v) is 11.0. The number of amides is 1. The second-order valence-electron chi connectivity index (χ2n) is 11.0. The van der Waals surface area contributed by atoms with Crippen molar-refractivity contribution >= 4 is 16.9 Å². The summed E-state index contributed by atoms with van der Waals surface area (Å²) in [5.74, 6) is -0.369. The van der Waals surface area contributed by atoms with E-state index in [0.717, 1.165) is 0 Å². The highest BCUT2D eigenvalue weighted by molar-refractivity contribution is 5.98. The maximum absolute atomic E-state index is 15.2. The van der Waals surface area contributed by atoms with E-state index in [9.17, 15) is 18.7 Å². The molecule has 7 rings (SSSR count). The molecule has 2 aromatic heterocycles. The number of imidazole rings is 1. The van der Waals surface area contributed by atoms with Gasteiger partial charge in [0.15, 0.2) is 0 Å². The lowest BCUT2D eigenvalue weighted by Crippen LogP contribution is -2.59. The fourth-order valence-electron chi connectivity index (χ4n) is 6.63. The molecule has 0 unspecified atom stereocenters. The van der Waals surface area contributed by atoms with Gasteiger partial charge in [0.2, 0.25) is 0 Å². The first-order chi connectivity index (χ1) is 18.5. The number of pyridine rings is 1. The van der Waals surface area contributed by atoms with Crippen molar-refractivity contribution in [2.45, 2.75) is 56.0 Å². The van der Waals surface area contributed by atoms with Crippen LogP contribution in [0.15, 0.2) is 48.7 Å². The summed E-state index contributed by atoms with van der Waals surface area (Å²) in [6.45, 7) is -1.39. The number of aliphatic hydroxyl groups is 1. The quantitative estimate of drug-likeness (QED) is 0.359. The number of hydrogen-bond donors (Lipinski definition) is 3. The topological polar surface area (TPSA) is 115 Å². The van der Waals surface area contributed by atoms with Gasteiger partial charge in [0.05, 0.1) is 40.0 Å². The Labute approximate surface area is 220 Å². The molecule has 1 saturated carbocycles. The third-order valence-electron chi connectivity index (χ3n) is 8.00. The first-order valence-electron chi connectivity index (χ1n) is 12.6. The van der Waals surface area contributed by atoms with Gasteiger partial charge in [-0.1, -0.05) is 12.1 Å². The zero-order valence-electron chi connectivity index (χ0n) is 20.8. The van der Waals surface area contributed by atoms with Crippen LogP contribution >= 0.6 is 0 Å². The summed E-state index contributed by atoms with van der Waals surface area (Å²) >= 11 is 0. The first kappa shape index (κ1) is 24.1. The molecular weight excluding hydrogens is 511 g/mol. The van der Waals surface area contributed by atoms with Crippen molar-refractivity contribution in [3.05, 3.63) is 77.1 Å². The van der Waals surface area contributed by atoms with Gasteiger partial charge in [0, 0.05) is 22.9 Å². The highest BCUT2D eigenvalue weighted by atomic mass is 19.3. The molecule has 4 aromatic rings. The zero-order valence-corrected chi connectivity index (χ0v) is 20.8. The summed E-state index contributed by atoms with van der Waals surface area (Å²) in [5.41, 5.74) is 7.67. The zero-order chi connectivity index (χ0) is 27.3. The minimum Gasteiger partial charge on any atom is -0.434 e. The molecule has 2 aromatic carbocycles. The molecule has 1 aliphatic carbocycles. The molecule has 0 radical (unpaired) electrons. The van der Waals surface area contributed by atoms with E-state index in [1.54, 1.807) is 31.3 Å². The van der Waals surface area contributed by atoms with E-state index in [4.69, 9.17) is 15.5 Å². The number of nitrogens with zero attached hydrogens (tertiary/aromatic N) is 3. The number of carbonyl (C=O) groups excluding carboxylic acids is 1. The van der Waals surface area contributed by atoms with Crippen LogP contribution in [0.3, 0.4) is 0 Å². The maximum Gasteiger partial charge on any atom is 0.387 e. The molecule has 39 heavy (non-hydrogen) atoms. The number of hydrogen-bond acceptors (Lipinski definition) is 6. The van der Waals surface area contributed by atoms with Crippen LogP contribution in [0, 0.1) is 5.82 Å². The first-order valence-corrected chi connectivity index (χ1v) is 12.6. The van der Waals surface area contributed by atoms with Gasteiger partial charge in [-0.15, -0.1) is 0 Å². The lowest BCUT2D eigenvalue weighted by atomic mass is 9.64. The normalized spacial score (nSPS) is 27.1. The molecule has 2 atom stereocenters. The fourth-order valence-corrected chi connectivity index (χ4v) is 6.63. The summed E-state index contributed by atoms with van der Waals surface area (Å²) in [7, 11) is 0. The number of fused-ring (bicyclic) bond motifs is 9. The van der Waals surface area contributed by atoms with Crippen molar-refractivity contribution in [1.82, 2.24) is 19.9 Å². The van der Waals surface area contributed by atoms with Crippen LogP contribution in [0.5, 0.6) is 5.75 Å². The van der Waals surface area contributed by atoms with Gasteiger partial charge >= 0.3 is 6.61 Å².